The Morgan fingerprint density at radius 3 is 2.89 bits per heavy atom. The molecule has 90 valence electrons. The third-order valence-electron chi connectivity index (χ3n) is 2.65. The number of hydrogen-bond acceptors (Lipinski definition) is 3. The molecule has 0 amide bonds. The molecule has 18 heavy (non-hydrogen) atoms. The number of aromatic hydroxyl groups is 1. The number of aliphatic imine (C=N–C) groups is 1. The van der Waals surface area contributed by atoms with Crippen molar-refractivity contribution in [3.05, 3.63) is 44.4 Å². The third-order valence-corrected chi connectivity index (χ3v) is 3.14. The standard InChI is InChI=1S/C12H8BrN3O2/c13-7-1-2-9-8(4-7)6(5-14-9)3-10-11(17)16-12(18)15-10/h1-5,17H,(H2,15,16,18). The first kappa shape index (κ1) is 11.0. The highest BCUT2D eigenvalue weighted by Gasteiger charge is 2.13. The molecule has 1 aromatic heterocycles. The van der Waals surface area contributed by atoms with Crippen LogP contribution in [0.5, 0.6) is 5.88 Å². The zero-order valence-electron chi connectivity index (χ0n) is 9.07. The fourth-order valence-corrected chi connectivity index (χ4v) is 2.18. The van der Waals surface area contributed by atoms with Crippen LogP contribution in [0.4, 0.5) is 5.69 Å². The molecule has 3 N–H and O–H groups in total. The van der Waals surface area contributed by atoms with E-state index in [1.54, 1.807) is 12.3 Å². The van der Waals surface area contributed by atoms with Gasteiger partial charge in [-0.3, -0.25) is 9.98 Å². The Hall–Kier alpha value is -2.08. The summed E-state index contributed by atoms with van der Waals surface area (Å²) in [5, 5.41) is 9.51. The summed E-state index contributed by atoms with van der Waals surface area (Å²) < 4.78 is 0.949. The Bertz CT molecular complexity index is 740. The van der Waals surface area contributed by atoms with E-state index in [0.717, 1.165) is 21.3 Å². The van der Waals surface area contributed by atoms with E-state index >= 15 is 0 Å². The minimum absolute atomic E-state index is 0.177. The van der Waals surface area contributed by atoms with Crippen molar-refractivity contribution in [2.24, 2.45) is 4.99 Å². The highest BCUT2D eigenvalue weighted by molar-refractivity contribution is 9.10. The van der Waals surface area contributed by atoms with Gasteiger partial charge in [-0.05, 0) is 24.3 Å². The van der Waals surface area contributed by atoms with Crippen LogP contribution in [0.25, 0.3) is 11.6 Å². The summed E-state index contributed by atoms with van der Waals surface area (Å²) >= 11 is 3.40. The van der Waals surface area contributed by atoms with Crippen molar-refractivity contribution in [3.8, 4) is 5.88 Å². The van der Waals surface area contributed by atoms with Gasteiger partial charge in [-0.2, -0.15) is 0 Å². The predicted octanol–water partition coefficient (Wildman–Crippen LogP) is 2.43. The fourth-order valence-electron chi connectivity index (χ4n) is 1.82. The summed E-state index contributed by atoms with van der Waals surface area (Å²) in [6.07, 6.45) is 3.37. The van der Waals surface area contributed by atoms with Crippen molar-refractivity contribution in [2.45, 2.75) is 0 Å². The van der Waals surface area contributed by atoms with Crippen molar-refractivity contribution in [1.29, 1.82) is 0 Å². The lowest BCUT2D eigenvalue weighted by Gasteiger charge is -2.00. The number of hydrogen-bond donors (Lipinski definition) is 3. The Morgan fingerprint density at radius 1 is 1.33 bits per heavy atom. The van der Waals surface area contributed by atoms with Gasteiger partial charge >= 0.3 is 5.69 Å². The maximum absolute atomic E-state index is 11.0. The monoisotopic (exact) mass is 305 g/mol. The van der Waals surface area contributed by atoms with Crippen LogP contribution in [0.3, 0.4) is 0 Å². The summed E-state index contributed by atoms with van der Waals surface area (Å²) in [4.78, 5) is 20.1. The second-order valence-corrected chi connectivity index (χ2v) is 4.78. The van der Waals surface area contributed by atoms with Crippen LogP contribution >= 0.6 is 15.9 Å². The van der Waals surface area contributed by atoms with Crippen LogP contribution < -0.4 is 5.69 Å². The van der Waals surface area contributed by atoms with E-state index < -0.39 is 5.69 Å². The van der Waals surface area contributed by atoms with Gasteiger partial charge in [0.15, 0.2) is 0 Å². The minimum atomic E-state index is -0.441. The first-order valence-corrected chi connectivity index (χ1v) is 6.00. The zero-order valence-corrected chi connectivity index (χ0v) is 10.7. The number of benzene rings is 1. The number of allylic oxidation sites excluding steroid dienone is 1. The molecular weight excluding hydrogens is 298 g/mol. The topological polar surface area (TPSA) is 81.2 Å². The largest absolute Gasteiger partial charge is 0.493 e. The predicted molar refractivity (Wildman–Crippen MR) is 73.2 cm³/mol. The molecule has 1 aliphatic heterocycles. The number of aromatic amines is 2. The van der Waals surface area contributed by atoms with Crippen LogP contribution in [-0.4, -0.2) is 21.3 Å². The van der Waals surface area contributed by atoms with Crippen LogP contribution in [0.15, 0.2) is 32.5 Å². The third kappa shape index (κ3) is 1.80. The lowest BCUT2D eigenvalue weighted by atomic mass is 10.1. The second kappa shape index (κ2) is 3.99. The van der Waals surface area contributed by atoms with Crippen LogP contribution in [-0.2, 0) is 0 Å². The van der Waals surface area contributed by atoms with E-state index in [4.69, 9.17) is 0 Å². The van der Waals surface area contributed by atoms with Crippen molar-refractivity contribution in [1.82, 2.24) is 9.97 Å². The number of halogens is 1. The number of nitrogens with zero attached hydrogens (tertiary/aromatic N) is 1. The molecule has 0 atom stereocenters. The van der Waals surface area contributed by atoms with E-state index in [9.17, 15) is 9.90 Å². The number of imidazole rings is 1. The molecule has 0 saturated heterocycles. The molecule has 3 rings (SSSR count). The van der Waals surface area contributed by atoms with Gasteiger partial charge in [-0.25, -0.2) is 4.79 Å². The van der Waals surface area contributed by atoms with E-state index in [1.807, 2.05) is 18.2 Å². The molecule has 5 nitrogen and oxygen atoms in total. The van der Waals surface area contributed by atoms with Gasteiger partial charge in [0, 0.05) is 21.8 Å². The molecule has 0 aliphatic carbocycles. The number of H-pyrrole nitrogens is 2. The lowest BCUT2D eigenvalue weighted by Crippen LogP contribution is -2.00. The zero-order chi connectivity index (χ0) is 12.7. The van der Waals surface area contributed by atoms with Crippen molar-refractivity contribution in [2.75, 3.05) is 0 Å². The molecule has 1 aliphatic rings. The van der Waals surface area contributed by atoms with Crippen molar-refractivity contribution in [3.63, 3.8) is 0 Å². The molecule has 0 spiro atoms. The Morgan fingerprint density at radius 2 is 2.17 bits per heavy atom. The average Bonchev–Trinajstić information content (AvgIpc) is 2.84. The van der Waals surface area contributed by atoms with E-state index in [1.165, 1.54) is 0 Å². The summed E-state index contributed by atoms with van der Waals surface area (Å²) in [5.41, 5.74) is 2.54. The Kier molecular flexibility index (Phi) is 2.45. The molecule has 0 bridgehead atoms. The number of aromatic nitrogens is 2. The number of fused-ring (bicyclic) bond motifs is 1. The van der Waals surface area contributed by atoms with Crippen LogP contribution in [0.2, 0.25) is 0 Å². The van der Waals surface area contributed by atoms with E-state index in [0.29, 0.717) is 5.69 Å². The van der Waals surface area contributed by atoms with Gasteiger partial charge in [0.2, 0.25) is 5.88 Å². The quantitative estimate of drug-likeness (QED) is 0.756. The van der Waals surface area contributed by atoms with Gasteiger partial charge in [0.25, 0.3) is 0 Å². The number of nitrogens with one attached hydrogen (secondary N) is 2. The minimum Gasteiger partial charge on any atom is -0.493 e. The molecule has 2 heterocycles. The second-order valence-electron chi connectivity index (χ2n) is 3.86. The Labute approximate surface area is 110 Å². The molecule has 0 fully saturated rings. The van der Waals surface area contributed by atoms with E-state index in [2.05, 4.69) is 30.9 Å². The highest BCUT2D eigenvalue weighted by atomic mass is 79.9. The SMILES string of the molecule is O=c1[nH]c(O)c(C=C2C=Nc3ccc(Br)cc32)[nH]1. The molecular formula is C12H8BrN3O2. The molecule has 1 aromatic carbocycles. The number of rotatable bonds is 1. The molecule has 2 aromatic rings. The maximum Gasteiger partial charge on any atom is 0.326 e. The molecule has 0 radical (unpaired) electrons. The maximum atomic E-state index is 11.0. The molecule has 6 heteroatoms. The normalized spacial score (nSPS) is 15.3. The lowest BCUT2D eigenvalue weighted by molar-refractivity contribution is 0.454. The first-order chi connectivity index (χ1) is 8.63. The smallest absolute Gasteiger partial charge is 0.326 e. The fraction of sp³-hybridized carbons (Fsp3) is 0. The van der Waals surface area contributed by atoms with Crippen molar-refractivity contribution >= 4 is 39.5 Å². The van der Waals surface area contributed by atoms with Gasteiger partial charge in [0.05, 0.1) is 5.69 Å². The first-order valence-electron chi connectivity index (χ1n) is 5.20. The summed E-state index contributed by atoms with van der Waals surface area (Å²) in [7, 11) is 0. The highest BCUT2D eigenvalue weighted by Crippen LogP contribution is 2.34. The Balaban J connectivity index is 2.11. The summed E-state index contributed by atoms with van der Waals surface area (Å²) in [6, 6.07) is 5.75. The average molecular weight is 306 g/mol. The summed E-state index contributed by atoms with van der Waals surface area (Å²) in [6.45, 7) is 0. The van der Waals surface area contributed by atoms with Gasteiger partial charge in [-0.1, -0.05) is 15.9 Å². The molecule has 0 unspecified atom stereocenters. The van der Waals surface area contributed by atoms with Gasteiger partial charge in [0.1, 0.15) is 5.69 Å². The van der Waals surface area contributed by atoms with Crippen LogP contribution in [0.1, 0.15) is 11.3 Å². The van der Waals surface area contributed by atoms with Crippen LogP contribution in [0, 0.1) is 0 Å². The van der Waals surface area contributed by atoms with E-state index in [-0.39, 0.29) is 5.88 Å². The summed E-state index contributed by atoms with van der Waals surface area (Å²) in [5.74, 6) is -0.177. The van der Waals surface area contributed by atoms with Gasteiger partial charge < -0.3 is 10.1 Å². The van der Waals surface area contributed by atoms with Crippen molar-refractivity contribution < 1.29 is 5.11 Å². The molecule has 0 saturated carbocycles. The van der Waals surface area contributed by atoms with Gasteiger partial charge in [-0.15, -0.1) is 0 Å².